The third-order valence-corrected chi connectivity index (χ3v) is 7.42. The predicted molar refractivity (Wildman–Crippen MR) is 118 cm³/mol. The van der Waals surface area contributed by atoms with Crippen LogP contribution in [-0.2, 0) is 16.3 Å². The average Bonchev–Trinajstić information content (AvgIpc) is 3.16. The molecule has 7 heteroatoms. The molecule has 3 atom stereocenters. The molecule has 156 valence electrons. The lowest BCUT2D eigenvalue weighted by Crippen LogP contribution is -2.47. The number of rotatable bonds is 5. The SMILES string of the molecule is COc1cc2c(cc1N(C)[C@@H]1CCCN[C@@H]1c1ccccc1)NC(S(C)(=O)=O)C2. The molecule has 2 N–H and O–H groups in total. The zero-order chi connectivity index (χ0) is 20.6. The van der Waals surface area contributed by atoms with Gasteiger partial charge in [-0.25, -0.2) is 8.42 Å². The topological polar surface area (TPSA) is 70.7 Å². The van der Waals surface area contributed by atoms with Crippen molar-refractivity contribution in [3.05, 3.63) is 53.6 Å². The molecule has 0 aromatic heterocycles. The van der Waals surface area contributed by atoms with Gasteiger partial charge in [-0.15, -0.1) is 0 Å². The number of sulfone groups is 1. The summed E-state index contributed by atoms with van der Waals surface area (Å²) in [5, 5.41) is 6.28. The molecule has 1 saturated heterocycles. The van der Waals surface area contributed by atoms with Gasteiger partial charge in [0, 0.05) is 31.5 Å². The second kappa shape index (κ2) is 7.88. The van der Waals surface area contributed by atoms with E-state index in [-0.39, 0.29) is 12.1 Å². The molecular weight excluding hydrogens is 386 g/mol. The molecule has 2 aliphatic rings. The van der Waals surface area contributed by atoms with Gasteiger partial charge < -0.3 is 20.3 Å². The Morgan fingerprint density at radius 3 is 2.62 bits per heavy atom. The number of benzene rings is 2. The minimum Gasteiger partial charge on any atom is -0.495 e. The summed E-state index contributed by atoms with van der Waals surface area (Å²) in [4.78, 5) is 2.28. The van der Waals surface area contributed by atoms with E-state index in [1.807, 2.05) is 18.2 Å². The van der Waals surface area contributed by atoms with E-state index in [1.54, 1.807) is 7.11 Å². The van der Waals surface area contributed by atoms with Crippen molar-refractivity contribution in [3.63, 3.8) is 0 Å². The summed E-state index contributed by atoms with van der Waals surface area (Å²) in [6.45, 7) is 1.00. The highest BCUT2D eigenvalue weighted by molar-refractivity contribution is 7.91. The first-order valence-corrected chi connectivity index (χ1v) is 12.0. The van der Waals surface area contributed by atoms with E-state index in [9.17, 15) is 8.42 Å². The average molecular weight is 416 g/mol. The summed E-state index contributed by atoms with van der Waals surface area (Å²) in [5.74, 6) is 0.777. The lowest BCUT2D eigenvalue weighted by Gasteiger charge is -2.40. The van der Waals surface area contributed by atoms with Crippen molar-refractivity contribution in [2.24, 2.45) is 0 Å². The highest BCUT2D eigenvalue weighted by atomic mass is 32.2. The standard InChI is InChI=1S/C22H29N3O3S/c1-25(18-10-7-11-23-22(18)15-8-5-4-6-9-15)19-14-17-16(12-20(19)28-2)13-21(24-17)29(3,26)27/h4-6,8-9,12,14,18,21-24H,7,10-11,13H2,1-3H3/t18-,21?,22-/m1/s1. The van der Waals surface area contributed by atoms with Crippen LogP contribution in [-0.4, -0.2) is 46.8 Å². The summed E-state index contributed by atoms with van der Waals surface area (Å²) >= 11 is 0. The lowest BCUT2D eigenvalue weighted by molar-refractivity contribution is 0.344. The number of ether oxygens (including phenoxy) is 1. The molecule has 4 rings (SSSR count). The van der Waals surface area contributed by atoms with Gasteiger partial charge in [0.1, 0.15) is 11.1 Å². The minimum atomic E-state index is -3.16. The number of fused-ring (bicyclic) bond motifs is 1. The third-order valence-electron chi connectivity index (χ3n) is 6.11. The van der Waals surface area contributed by atoms with E-state index < -0.39 is 15.2 Å². The van der Waals surface area contributed by atoms with Crippen LogP contribution in [0.2, 0.25) is 0 Å². The molecule has 0 amide bonds. The molecule has 0 spiro atoms. The molecular formula is C22H29N3O3S. The van der Waals surface area contributed by atoms with Crippen molar-refractivity contribution in [1.29, 1.82) is 0 Å². The van der Waals surface area contributed by atoms with Crippen LogP contribution in [0.25, 0.3) is 0 Å². The van der Waals surface area contributed by atoms with Gasteiger partial charge in [0.05, 0.1) is 18.8 Å². The molecule has 0 aliphatic carbocycles. The third kappa shape index (κ3) is 3.94. The van der Waals surface area contributed by atoms with E-state index in [0.717, 1.165) is 42.1 Å². The molecule has 2 aromatic rings. The molecule has 0 radical (unpaired) electrons. The number of hydrogen-bond acceptors (Lipinski definition) is 6. The molecule has 1 fully saturated rings. The van der Waals surface area contributed by atoms with Crippen LogP contribution in [0.3, 0.4) is 0 Å². The summed E-state index contributed by atoms with van der Waals surface area (Å²) in [6, 6.07) is 15.0. The monoisotopic (exact) mass is 415 g/mol. The summed E-state index contributed by atoms with van der Waals surface area (Å²) in [7, 11) is 0.604. The Labute approximate surface area is 173 Å². The van der Waals surface area contributed by atoms with Crippen LogP contribution < -0.4 is 20.3 Å². The van der Waals surface area contributed by atoms with E-state index in [1.165, 1.54) is 11.8 Å². The van der Waals surface area contributed by atoms with Crippen LogP contribution in [0.1, 0.15) is 30.0 Å². The maximum absolute atomic E-state index is 12.0. The number of anilines is 2. The van der Waals surface area contributed by atoms with Gasteiger partial charge >= 0.3 is 0 Å². The molecule has 29 heavy (non-hydrogen) atoms. The van der Waals surface area contributed by atoms with Gasteiger partial charge in [-0.1, -0.05) is 30.3 Å². The Hall–Kier alpha value is -2.25. The first-order valence-electron chi connectivity index (χ1n) is 10.1. The molecule has 0 saturated carbocycles. The fourth-order valence-corrected chi connectivity index (χ4v) is 5.33. The Kier molecular flexibility index (Phi) is 5.44. The van der Waals surface area contributed by atoms with Gasteiger partial charge in [0.25, 0.3) is 0 Å². The largest absolute Gasteiger partial charge is 0.495 e. The second-order valence-corrected chi connectivity index (χ2v) is 10.2. The van der Waals surface area contributed by atoms with Crippen LogP contribution in [0, 0.1) is 0 Å². The molecule has 6 nitrogen and oxygen atoms in total. The zero-order valence-corrected chi connectivity index (χ0v) is 18.0. The van der Waals surface area contributed by atoms with Crippen molar-refractivity contribution < 1.29 is 13.2 Å². The fraction of sp³-hybridized carbons (Fsp3) is 0.455. The number of piperidine rings is 1. The van der Waals surface area contributed by atoms with Gasteiger partial charge in [0.2, 0.25) is 0 Å². The Morgan fingerprint density at radius 2 is 1.93 bits per heavy atom. The van der Waals surface area contributed by atoms with Crippen molar-refractivity contribution in [2.75, 3.05) is 37.2 Å². The van der Waals surface area contributed by atoms with Crippen molar-refractivity contribution in [1.82, 2.24) is 5.32 Å². The summed E-state index contributed by atoms with van der Waals surface area (Å²) in [6.07, 6.45) is 3.92. The zero-order valence-electron chi connectivity index (χ0n) is 17.2. The second-order valence-electron chi connectivity index (χ2n) is 8.01. The van der Waals surface area contributed by atoms with E-state index in [4.69, 9.17) is 4.74 Å². The smallest absolute Gasteiger partial charge is 0.168 e. The number of methoxy groups -OCH3 is 1. The Bertz CT molecular complexity index is 978. The van der Waals surface area contributed by atoms with E-state index in [2.05, 4.69) is 46.8 Å². The first-order chi connectivity index (χ1) is 13.9. The maximum atomic E-state index is 12.0. The fourth-order valence-electron chi connectivity index (χ4n) is 4.50. The van der Waals surface area contributed by atoms with Crippen LogP contribution in [0.15, 0.2) is 42.5 Å². The van der Waals surface area contributed by atoms with Crippen LogP contribution >= 0.6 is 0 Å². The van der Waals surface area contributed by atoms with Crippen molar-refractivity contribution >= 4 is 21.2 Å². The summed E-state index contributed by atoms with van der Waals surface area (Å²) < 4.78 is 29.7. The Balaban J connectivity index is 1.67. The van der Waals surface area contributed by atoms with Crippen LogP contribution in [0.5, 0.6) is 5.75 Å². The molecule has 2 aromatic carbocycles. The maximum Gasteiger partial charge on any atom is 0.168 e. The van der Waals surface area contributed by atoms with Gasteiger partial charge in [0.15, 0.2) is 9.84 Å². The highest BCUT2D eigenvalue weighted by Crippen LogP contribution is 2.41. The normalized spacial score (nSPS) is 23.9. The molecule has 2 heterocycles. The molecule has 2 aliphatic heterocycles. The van der Waals surface area contributed by atoms with Crippen molar-refractivity contribution in [3.8, 4) is 5.75 Å². The van der Waals surface area contributed by atoms with Crippen molar-refractivity contribution in [2.45, 2.75) is 36.7 Å². The van der Waals surface area contributed by atoms with E-state index >= 15 is 0 Å². The minimum absolute atomic E-state index is 0.227. The number of hydrogen-bond donors (Lipinski definition) is 2. The predicted octanol–water partition coefficient (Wildman–Crippen LogP) is 2.96. The van der Waals surface area contributed by atoms with Crippen LogP contribution in [0.4, 0.5) is 11.4 Å². The highest BCUT2D eigenvalue weighted by Gasteiger charge is 2.33. The number of nitrogens with one attached hydrogen (secondary N) is 2. The quantitative estimate of drug-likeness (QED) is 0.782. The number of likely N-dealkylation sites (N-methyl/N-ethyl adjacent to an activating group) is 1. The Morgan fingerprint density at radius 1 is 1.17 bits per heavy atom. The first kappa shape index (κ1) is 20.0. The number of nitrogens with zero attached hydrogens (tertiary/aromatic N) is 1. The van der Waals surface area contributed by atoms with Gasteiger partial charge in [-0.3, -0.25) is 0 Å². The molecule has 0 bridgehead atoms. The van der Waals surface area contributed by atoms with Gasteiger partial charge in [-0.05, 0) is 42.6 Å². The summed E-state index contributed by atoms with van der Waals surface area (Å²) in [5.41, 5.74) is 4.11. The molecule has 1 unspecified atom stereocenters. The van der Waals surface area contributed by atoms with E-state index in [0.29, 0.717) is 6.42 Å². The van der Waals surface area contributed by atoms with Gasteiger partial charge in [-0.2, -0.15) is 0 Å². The lowest BCUT2D eigenvalue weighted by atomic mass is 9.91.